The van der Waals surface area contributed by atoms with Crippen LogP contribution in [0.25, 0.3) is 0 Å². The summed E-state index contributed by atoms with van der Waals surface area (Å²) < 4.78 is 0. The molecule has 1 aliphatic rings. The molecule has 1 saturated heterocycles. The molecule has 1 aliphatic heterocycles. The molecular formula is C17H26N2O. The summed E-state index contributed by atoms with van der Waals surface area (Å²) >= 11 is 0. The average molecular weight is 274 g/mol. The maximum atomic E-state index is 12.3. The Hall–Kier alpha value is -1.35. The predicted molar refractivity (Wildman–Crippen MR) is 82.4 cm³/mol. The van der Waals surface area contributed by atoms with Gasteiger partial charge in [0.05, 0.1) is 0 Å². The van der Waals surface area contributed by atoms with E-state index in [4.69, 9.17) is 0 Å². The van der Waals surface area contributed by atoms with Crippen LogP contribution in [0.1, 0.15) is 32.3 Å². The van der Waals surface area contributed by atoms with E-state index in [9.17, 15) is 4.79 Å². The van der Waals surface area contributed by atoms with Crippen LogP contribution in [0.15, 0.2) is 30.3 Å². The summed E-state index contributed by atoms with van der Waals surface area (Å²) in [6, 6.07) is 10.6. The Morgan fingerprint density at radius 3 is 2.40 bits per heavy atom. The van der Waals surface area contributed by atoms with Crippen molar-refractivity contribution in [1.29, 1.82) is 0 Å². The third-order valence-electron chi connectivity index (χ3n) is 4.08. The average Bonchev–Trinajstić information content (AvgIpc) is 2.48. The molecule has 0 aromatic heterocycles. The SMILES string of the molecule is CCCC(C)C(=O)N1CCN(Cc2ccccc2)CC1. The molecule has 0 saturated carbocycles. The highest BCUT2D eigenvalue weighted by atomic mass is 16.2. The zero-order valence-corrected chi connectivity index (χ0v) is 12.7. The van der Waals surface area contributed by atoms with Gasteiger partial charge < -0.3 is 4.90 Å². The van der Waals surface area contributed by atoms with Crippen LogP contribution in [0, 0.1) is 5.92 Å². The van der Waals surface area contributed by atoms with Gasteiger partial charge in [0.1, 0.15) is 0 Å². The van der Waals surface area contributed by atoms with Crippen molar-refractivity contribution in [2.45, 2.75) is 33.2 Å². The first kappa shape index (κ1) is 15.0. The van der Waals surface area contributed by atoms with E-state index in [0.717, 1.165) is 45.6 Å². The van der Waals surface area contributed by atoms with Crippen molar-refractivity contribution in [2.24, 2.45) is 5.92 Å². The lowest BCUT2D eigenvalue weighted by atomic mass is 10.0. The molecule has 2 rings (SSSR count). The molecule has 1 aromatic carbocycles. The molecule has 0 aliphatic carbocycles. The molecule has 0 radical (unpaired) electrons. The number of hydrogen-bond donors (Lipinski definition) is 0. The molecule has 1 unspecified atom stereocenters. The van der Waals surface area contributed by atoms with Crippen LogP contribution in [-0.2, 0) is 11.3 Å². The first-order chi connectivity index (χ1) is 9.70. The van der Waals surface area contributed by atoms with Gasteiger partial charge in [0, 0.05) is 38.6 Å². The second-order valence-electron chi connectivity index (χ2n) is 5.78. The second kappa shape index (κ2) is 7.44. The normalized spacial score (nSPS) is 18.0. The summed E-state index contributed by atoms with van der Waals surface area (Å²) in [5.41, 5.74) is 1.35. The van der Waals surface area contributed by atoms with Crippen molar-refractivity contribution in [3.63, 3.8) is 0 Å². The largest absolute Gasteiger partial charge is 0.340 e. The van der Waals surface area contributed by atoms with E-state index in [-0.39, 0.29) is 5.92 Å². The van der Waals surface area contributed by atoms with Gasteiger partial charge in [-0.05, 0) is 12.0 Å². The lowest BCUT2D eigenvalue weighted by Gasteiger charge is -2.36. The Labute approximate surface area is 122 Å². The lowest BCUT2D eigenvalue weighted by Crippen LogP contribution is -2.49. The minimum atomic E-state index is 0.181. The molecule has 3 heteroatoms. The number of carbonyl (C=O) groups excluding carboxylic acids is 1. The molecule has 3 nitrogen and oxygen atoms in total. The Morgan fingerprint density at radius 1 is 1.15 bits per heavy atom. The first-order valence-corrected chi connectivity index (χ1v) is 7.75. The number of amides is 1. The maximum Gasteiger partial charge on any atom is 0.225 e. The molecule has 1 atom stereocenters. The molecule has 110 valence electrons. The lowest BCUT2D eigenvalue weighted by molar-refractivity contribution is -0.137. The topological polar surface area (TPSA) is 23.6 Å². The Kier molecular flexibility index (Phi) is 5.60. The summed E-state index contributed by atoms with van der Waals surface area (Å²) in [6.07, 6.45) is 2.09. The standard InChI is InChI=1S/C17H26N2O/c1-3-7-15(2)17(20)19-12-10-18(11-13-19)14-16-8-5-4-6-9-16/h4-6,8-9,15H,3,7,10-14H2,1-2H3. The number of piperazine rings is 1. The minimum Gasteiger partial charge on any atom is -0.340 e. The number of rotatable bonds is 5. The Bertz CT molecular complexity index is 410. The van der Waals surface area contributed by atoms with Crippen molar-refractivity contribution in [1.82, 2.24) is 9.80 Å². The van der Waals surface area contributed by atoms with E-state index in [1.165, 1.54) is 5.56 Å². The number of carbonyl (C=O) groups is 1. The molecule has 0 bridgehead atoms. The molecule has 1 aromatic rings. The van der Waals surface area contributed by atoms with Gasteiger partial charge in [-0.25, -0.2) is 0 Å². The summed E-state index contributed by atoms with van der Waals surface area (Å²) in [7, 11) is 0. The molecule has 1 amide bonds. The Balaban J connectivity index is 1.79. The molecule has 1 heterocycles. The zero-order chi connectivity index (χ0) is 14.4. The zero-order valence-electron chi connectivity index (χ0n) is 12.7. The Morgan fingerprint density at radius 2 is 1.80 bits per heavy atom. The van der Waals surface area contributed by atoms with Gasteiger partial charge in [-0.3, -0.25) is 9.69 Å². The quantitative estimate of drug-likeness (QED) is 0.824. The highest BCUT2D eigenvalue weighted by molar-refractivity contribution is 5.78. The fourth-order valence-electron chi connectivity index (χ4n) is 2.84. The molecule has 20 heavy (non-hydrogen) atoms. The monoisotopic (exact) mass is 274 g/mol. The number of hydrogen-bond acceptors (Lipinski definition) is 2. The van der Waals surface area contributed by atoms with Crippen LogP contribution >= 0.6 is 0 Å². The fourth-order valence-corrected chi connectivity index (χ4v) is 2.84. The van der Waals surface area contributed by atoms with Crippen LogP contribution in [0.2, 0.25) is 0 Å². The van der Waals surface area contributed by atoms with Crippen molar-refractivity contribution in [2.75, 3.05) is 26.2 Å². The van der Waals surface area contributed by atoms with E-state index in [1.807, 2.05) is 4.90 Å². The van der Waals surface area contributed by atoms with Crippen LogP contribution in [-0.4, -0.2) is 41.9 Å². The van der Waals surface area contributed by atoms with Crippen LogP contribution in [0.3, 0.4) is 0 Å². The van der Waals surface area contributed by atoms with Crippen LogP contribution in [0.4, 0.5) is 0 Å². The van der Waals surface area contributed by atoms with Gasteiger partial charge >= 0.3 is 0 Å². The summed E-state index contributed by atoms with van der Waals surface area (Å²) in [5, 5.41) is 0. The third kappa shape index (κ3) is 4.07. The van der Waals surface area contributed by atoms with Gasteiger partial charge in [0.25, 0.3) is 0 Å². The second-order valence-corrected chi connectivity index (χ2v) is 5.78. The summed E-state index contributed by atoms with van der Waals surface area (Å²) in [4.78, 5) is 16.7. The summed E-state index contributed by atoms with van der Waals surface area (Å²) in [5.74, 6) is 0.520. The van der Waals surface area contributed by atoms with Gasteiger partial charge in [0.2, 0.25) is 5.91 Å². The van der Waals surface area contributed by atoms with E-state index < -0.39 is 0 Å². The van der Waals surface area contributed by atoms with Gasteiger partial charge in [-0.1, -0.05) is 50.6 Å². The molecule has 0 spiro atoms. The third-order valence-corrected chi connectivity index (χ3v) is 4.08. The molecule has 1 fully saturated rings. The van der Waals surface area contributed by atoms with Crippen molar-refractivity contribution in [3.8, 4) is 0 Å². The molecular weight excluding hydrogens is 248 g/mol. The van der Waals surface area contributed by atoms with E-state index in [1.54, 1.807) is 0 Å². The highest BCUT2D eigenvalue weighted by Crippen LogP contribution is 2.13. The number of benzene rings is 1. The van der Waals surface area contributed by atoms with Gasteiger partial charge in [-0.2, -0.15) is 0 Å². The fraction of sp³-hybridized carbons (Fsp3) is 0.588. The van der Waals surface area contributed by atoms with Gasteiger partial charge in [0.15, 0.2) is 0 Å². The van der Waals surface area contributed by atoms with E-state index in [2.05, 4.69) is 49.1 Å². The minimum absolute atomic E-state index is 0.181. The van der Waals surface area contributed by atoms with Crippen LogP contribution < -0.4 is 0 Å². The first-order valence-electron chi connectivity index (χ1n) is 7.75. The van der Waals surface area contributed by atoms with Crippen LogP contribution in [0.5, 0.6) is 0 Å². The number of nitrogens with zero attached hydrogens (tertiary/aromatic N) is 2. The van der Waals surface area contributed by atoms with E-state index in [0.29, 0.717) is 5.91 Å². The predicted octanol–water partition coefficient (Wildman–Crippen LogP) is 2.77. The van der Waals surface area contributed by atoms with E-state index >= 15 is 0 Å². The highest BCUT2D eigenvalue weighted by Gasteiger charge is 2.24. The summed E-state index contributed by atoms with van der Waals surface area (Å²) in [6.45, 7) is 8.91. The van der Waals surface area contributed by atoms with Crippen molar-refractivity contribution >= 4 is 5.91 Å². The smallest absolute Gasteiger partial charge is 0.225 e. The molecule has 0 N–H and O–H groups in total. The van der Waals surface area contributed by atoms with Gasteiger partial charge in [-0.15, -0.1) is 0 Å². The maximum absolute atomic E-state index is 12.3. The van der Waals surface area contributed by atoms with Crippen molar-refractivity contribution in [3.05, 3.63) is 35.9 Å². The van der Waals surface area contributed by atoms with Crippen molar-refractivity contribution < 1.29 is 4.79 Å².